The number of anilines is 1. The van der Waals surface area contributed by atoms with Crippen molar-refractivity contribution in [2.24, 2.45) is 0 Å². The Hall–Kier alpha value is -1.62. The lowest BCUT2D eigenvalue weighted by atomic mass is 10.3. The summed E-state index contributed by atoms with van der Waals surface area (Å²) in [5, 5.41) is 3.50. The third-order valence-electron chi connectivity index (χ3n) is 2.63. The smallest absolute Gasteiger partial charge is 0.216 e. The van der Waals surface area contributed by atoms with Crippen molar-refractivity contribution in [1.29, 1.82) is 0 Å². The number of hydrogen-bond acceptors (Lipinski definition) is 5. The first-order chi connectivity index (χ1) is 8.47. The van der Waals surface area contributed by atoms with Gasteiger partial charge in [0.1, 0.15) is 11.8 Å². The van der Waals surface area contributed by atoms with E-state index in [1.165, 1.54) is 0 Å². The third-order valence-corrected chi connectivity index (χ3v) is 2.89. The molecule has 1 unspecified atom stereocenters. The molecule has 0 spiro atoms. The van der Waals surface area contributed by atoms with Crippen LogP contribution in [0.25, 0.3) is 0 Å². The third kappa shape index (κ3) is 2.61. The molecule has 0 aliphatic carbocycles. The summed E-state index contributed by atoms with van der Waals surface area (Å²) >= 11 is 6.05. The zero-order valence-electron chi connectivity index (χ0n) is 10.8. The number of halogens is 1. The average molecular weight is 267 g/mol. The van der Waals surface area contributed by atoms with E-state index in [2.05, 4.69) is 20.3 Å². The molecule has 0 saturated heterocycles. The van der Waals surface area contributed by atoms with Crippen molar-refractivity contribution in [1.82, 2.24) is 15.0 Å². The molecule has 0 aliphatic heterocycles. The predicted octanol–water partition coefficient (Wildman–Crippen LogP) is 3.22. The van der Waals surface area contributed by atoms with E-state index in [0.29, 0.717) is 16.9 Å². The highest BCUT2D eigenvalue weighted by atomic mass is 35.5. The molecule has 18 heavy (non-hydrogen) atoms. The second kappa shape index (κ2) is 4.94. The molecule has 0 bridgehead atoms. The van der Waals surface area contributed by atoms with Crippen LogP contribution in [0, 0.1) is 20.8 Å². The average Bonchev–Trinajstić information content (AvgIpc) is 2.73. The molecule has 1 atom stereocenters. The molecule has 6 heteroatoms. The minimum absolute atomic E-state index is 0.118. The van der Waals surface area contributed by atoms with Crippen LogP contribution in [-0.4, -0.2) is 15.0 Å². The van der Waals surface area contributed by atoms with E-state index in [9.17, 15) is 0 Å². The highest BCUT2D eigenvalue weighted by molar-refractivity contribution is 6.31. The van der Waals surface area contributed by atoms with Gasteiger partial charge in [-0.15, -0.1) is 0 Å². The molecule has 0 saturated carbocycles. The lowest BCUT2D eigenvalue weighted by Crippen LogP contribution is -2.10. The first-order valence-corrected chi connectivity index (χ1v) is 6.04. The summed E-state index contributed by atoms with van der Waals surface area (Å²) in [4.78, 5) is 12.7. The van der Waals surface area contributed by atoms with Crippen molar-refractivity contribution in [3.8, 4) is 0 Å². The first kappa shape index (κ1) is 12.8. The van der Waals surface area contributed by atoms with Crippen LogP contribution in [0.15, 0.2) is 10.6 Å². The van der Waals surface area contributed by atoms with Gasteiger partial charge in [0.15, 0.2) is 11.0 Å². The fourth-order valence-electron chi connectivity index (χ4n) is 1.51. The van der Waals surface area contributed by atoms with E-state index in [1.54, 1.807) is 6.20 Å². The summed E-state index contributed by atoms with van der Waals surface area (Å²) in [6.45, 7) is 7.55. The molecular formula is C12H15ClN4O. The standard InChI is InChI=1S/C12H15ClN4O/c1-6-5-14-12(18-6)9(4)17-11-10(13)15-7(2)8(3)16-11/h5,9H,1-4H3,(H,16,17). The number of rotatable bonds is 3. The topological polar surface area (TPSA) is 63.8 Å². The maximum atomic E-state index is 6.05. The Morgan fingerprint density at radius 1 is 1.22 bits per heavy atom. The number of aromatic nitrogens is 3. The van der Waals surface area contributed by atoms with Gasteiger partial charge < -0.3 is 9.73 Å². The first-order valence-electron chi connectivity index (χ1n) is 5.67. The van der Waals surface area contributed by atoms with E-state index >= 15 is 0 Å². The van der Waals surface area contributed by atoms with Crippen LogP contribution in [0.4, 0.5) is 5.82 Å². The number of aryl methyl sites for hydroxylation is 3. The molecule has 1 N–H and O–H groups in total. The van der Waals surface area contributed by atoms with Gasteiger partial charge in [0.2, 0.25) is 5.89 Å². The summed E-state index contributed by atoms with van der Waals surface area (Å²) in [6.07, 6.45) is 1.68. The van der Waals surface area contributed by atoms with E-state index in [-0.39, 0.29) is 6.04 Å². The van der Waals surface area contributed by atoms with Gasteiger partial charge in [0.05, 0.1) is 17.6 Å². The molecule has 5 nitrogen and oxygen atoms in total. The Balaban J connectivity index is 2.21. The SMILES string of the molecule is Cc1cnc(C(C)Nc2nc(C)c(C)nc2Cl)o1. The Kier molecular flexibility index (Phi) is 3.52. The van der Waals surface area contributed by atoms with Gasteiger partial charge in [-0.05, 0) is 27.7 Å². The van der Waals surface area contributed by atoms with Crippen LogP contribution in [0.1, 0.15) is 36.0 Å². The number of nitrogens with one attached hydrogen (secondary N) is 1. The highest BCUT2D eigenvalue weighted by Crippen LogP contribution is 2.23. The van der Waals surface area contributed by atoms with E-state index < -0.39 is 0 Å². The van der Waals surface area contributed by atoms with Crippen LogP contribution in [-0.2, 0) is 0 Å². The maximum absolute atomic E-state index is 6.05. The molecule has 0 aliphatic rings. The fourth-order valence-corrected chi connectivity index (χ4v) is 1.73. The summed E-state index contributed by atoms with van der Waals surface area (Å²) < 4.78 is 5.45. The second-order valence-electron chi connectivity index (χ2n) is 4.21. The van der Waals surface area contributed by atoms with Gasteiger partial charge in [-0.25, -0.2) is 15.0 Å². The number of nitrogens with zero attached hydrogens (tertiary/aromatic N) is 3. The van der Waals surface area contributed by atoms with Crippen LogP contribution in [0.5, 0.6) is 0 Å². The van der Waals surface area contributed by atoms with Gasteiger partial charge in [0.25, 0.3) is 0 Å². The molecule has 2 aromatic heterocycles. The monoisotopic (exact) mass is 266 g/mol. The van der Waals surface area contributed by atoms with E-state index in [4.69, 9.17) is 16.0 Å². The van der Waals surface area contributed by atoms with Crippen molar-refractivity contribution in [3.05, 3.63) is 34.4 Å². The van der Waals surface area contributed by atoms with Crippen LogP contribution in [0.2, 0.25) is 5.15 Å². The lowest BCUT2D eigenvalue weighted by molar-refractivity contribution is 0.453. The lowest BCUT2D eigenvalue weighted by Gasteiger charge is -2.13. The molecular weight excluding hydrogens is 252 g/mol. The van der Waals surface area contributed by atoms with Crippen molar-refractivity contribution in [2.45, 2.75) is 33.7 Å². The van der Waals surface area contributed by atoms with Gasteiger partial charge in [-0.3, -0.25) is 0 Å². The second-order valence-corrected chi connectivity index (χ2v) is 4.57. The zero-order chi connectivity index (χ0) is 13.3. The molecule has 0 amide bonds. The number of oxazole rings is 1. The maximum Gasteiger partial charge on any atom is 0.216 e. The summed E-state index contributed by atoms with van der Waals surface area (Å²) in [6, 6.07) is -0.118. The van der Waals surface area contributed by atoms with Gasteiger partial charge >= 0.3 is 0 Å². The van der Waals surface area contributed by atoms with Crippen LogP contribution >= 0.6 is 11.6 Å². The fraction of sp³-hybridized carbons (Fsp3) is 0.417. The Morgan fingerprint density at radius 3 is 2.50 bits per heavy atom. The van der Waals surface area contributed by atoms with Gasteiger partial charge in [-0.1, -0.05) is 11.6 Å². The largest absolute Gasteiger partial charge is 0.444 e. The summed E-state index contributed by atoms with van der Waals surface area (Å²) in [7, 11) is 0. The van der Waals surface area contributed by atoms with Gasteiger partial charge in [0, 0.05) is 0 Å². The summed E-state index contributed by atoms with van der Waals surface area (Å²) in [5.74, 6) is 1.92. The molecule has 2 aromatic rings. The molecule has 2 heterocycles. The van der Waals surface area contributed by atoms with Crippen LogP contribution in [0.3, 0.4) is 0 Å². The summed E-state index contributed by atoms with van der Waals surface area (Å²) in [5.41, 5.74) is 1.67. The quantitative estimate of drug-likeness (QED) is 0.924. The van der Waals surface area contributed by atoms with Gasteiger partial charge in [-0.2, -0.15) is 0 Å². The Labute approximate surface area is 111 Å². The van der Waals surface area contributed by atoms with E-state index in [0.717, 1.165) is 17.1 Å². The molecule has 2 rings (SSSR count). The molecule has 0 fully saturated rings. The number of hydrogen-bond donors (Lipinski definition) is 1. The highest BCUT2D eigenvalue weighted by Gasteiger charge is 2.15. The Bertz CT molecular complexity index is 567. The van der Waals surface area contributed by atoms with Crippen molar-refractivity contribution in [3.63, 3.8) is 0 Å². The molecule has 96 valence electrons. The molecule has 0 radical (unpaired) electrons. The molecule has 0 aromatic carbocycles. The zero-order valence-corrected chi connectivity index (χ0v) is 11.5. The van der Waals surface area contributed by atoms with Crippen molar-refractivity contribution in [2.75, 3.05) is 5.32 Å². The van der Waals surface area contributed by atoms with Crippen LogP contribution < -0.4 is 5.32 Å². The normalized spacial score (nSPS) is 12.5. The Morgan fingerprint density at radius 2 is 1.89 bits per heavy atom. The minimum Gasteiger partial charge on any atom is -0.444 e. The van der Waals surface area contributed by atoms with Crippen molar-refractivity contribution >= 4 is 17.4 Å². The van der Waals surface area contributed by atoms with Crippen molar-refractivity contribution < 1.29 is 4.42 Å². The minimum atomic E-state index is -0.118. The predicted molar refractivity (Wildman–Crippen MR) is 69.8 cm³/mol. The van der Waals surface area contributed by atoms with E-state index in [1.807, 2.05) is 27.7 Å².